The molecule has 1 aliphatic rings. The summed E-state index contributed by atoms with van der Waals surface area (Å²) >= 11 is 0. The molecule has 31 heavy (non-hydrogen) atoms. The standard InChI is InChI=1S/C22H24FN7O/c1-22(2,31)7-6-13-9-26-12-17-14(13)5-4-8-30(17)21-18-15(10-27-11-16(18)23)19(29(3)25)20(24)28-21/h9-12,31H,4-5,8,25H2,1-3H3,(H2,24,28). The molecule has 0 saturated carbocycles. The number of hydrogen-bond donors (Lipinski definition) is 3. The SMILES string of the molecule is CN(N)c1c(N)nc(N2CCCc3c(C#CC(C)(C)O)cncc32)c2c(F)cncc12. The fraction of sp³-hybridized carbons (Fsp3) is 0.318. The highest BCUT2D eigenvalue weighted by Crippen LogP contribution is 2.41. The Bertz CT molecular complexity index is 1220. The lowest BCUT2D eigenvalue weighted by molar-refractivity contribution is 0.143. The number of aliphatic hydroxyl groups is 1. The van der Waals surface area contributed by atoms with Gasteiger partial charge in [-0.3, -0.25) is 9.97 Å². The van der Waals surface area contributed by atoms with Crippen LogP contribution in [0.1, 0.15) is 31.4 Å². The van der Waals surface area contributed by atoms with Crippen LogP contribution < -0.4 is 21.5 Å². The minimum Gasteiger partial charge on any atom is -0.382 e. The maximum atomic E-state index is 15.0. The molecule has 0 amide bonds. The first kappa shape index (κ1) is 20.8. The zero-order chi connectivity index (χ0) is 22.3. The molecule has 0 unspecified atom stereocenters. The van der Waals surface area contributed by atoms with Crippen LogP contribution >= 0.6 is 0 Å². The van der Waals surface area contributed by atoms with Crippen molar-refractivity contribution in [2.24, 2.45) is 5.84 Å². The van der Waals surface area contributed by atoms with E-state index in [-0.39, 0.29) is 11.2 Å². The first-order valence-corrected chi connectivity index (χ1v) is 9.88. The summed E-state index contributed by atoms with van der Waals surface area (Å²) < 4.78 is 15.0. The second-order valence-corrected chi connectivity index (χ2v) is 8.07. The molecular weight excluding hydrogens is 397 g/mol. The predicted molar refractivity (Wildman–Crippen MR) is 119 cm³/mol. The van der Waals surface area contributed by atoms with Crippen LogP contribution in [0.15, 0.2) is 24.8 Å². The van der Waals surface area contributed by atoms with Crippen LogP contribution in [0.3, 0.4) is 0 Å². The van der Waals surface area contributed by atoms with Gasteiger partial charge in [0.25, 0.3) is 0 Å². The molecule has 0 aromatic carbocycles. The number of fused-ring (bicyclic) bond motifs is 2. The van der Waals surface area contributed by atoms with Crippen LogP contribution in [-0.4, -0.2) is 39.3 Å². The third-order valence-electron chi connectivity index (χ3n) is 5.09. The fourth-order valence-electron chi connectivity index (χ4n) is 3.82. The number of halogens is 1. The topological polar surface area (TPSA) is 117 Å². The summed E-state index contributed by atoms with van der Waals surface area (Å²) in [5.74, 6) is 11.8. The Kier molecular flexibility index (Phi) is 5.13. The summed E-state index contributed by atoms with van der Waals surface area (Å²) in [5.41, 5.74) is 7.98. The molecule has 3 aromatic heterocycles. The first-order valence-electron chi connectivity index (χ1n) is 9.88. The lowest BCUT2D eigenvalue weighted by Gasteiger charge is -2.32. The Morgan fingerprint density at radius 3 is 2.68 bits per heavy atom. The van der Waals surface area contributed by atoms with Crippen molar-refractivity contribution in [3.05, 3.63) is 41.7 Å². The second kappa shape index (κ2) is 7.65. The van der Waals surface area contributed by atoms with Gasteiger partial charge in [-0.05, 0) is 32.3 Å². The maximum Gasteiger partial charge on any atom is 0.153 e. The van der Waals surface area contributed by atoms with Crippen molar-refractivity contribution >= 4 is 33.8 Å². The van der Waals surface area contributed by atoms with Crippen molar-refractivity contribution in [1.82, 2.24) is 15.0 Å². The van der Waals surface area contributed by atoms with Gasteiger partial charge >= 0.3 is 0 Å². The summed E-state index contributed by atoms with van der Waals surface area (Å²) in [6, 6.07) is 0. The van der Waals surface area contributed by atoms with Crippen molar-refractivity contribution < 1.29 is 9.50 Å². The predicted octanol–water partition coefficient (Wildman–Crippen LogP) is 2.26. The molecule has 3 aromatic rings. The number of nitrogens with zero attached hydrogens (tertiary/aromatic N) is 5. The third-order valence-corrected chi connectivity index (χ3v) is 5.09. The molecule has 0 saturated heterocycles. The second-order valence-electron chi connectivity index (χ2n) is 8.07. The average molecular weight is 421 g/mol. The molecule has 0 spiro atoms. The van der Waals surface area contributed by atoms with E-state index in [2.05, 4.69) is 26.8 Å². The molecule has 0 aliphatic carbocycles. The molecule has 0 fully saturated rings. The van der Waals surface area contributed by atoms with Crippen LogP contribution in [0.2, 0.25) is 0 Å². The maximum absolute atomic E-state index is 15.0. The van der Waals surface area contributed by atoms with Gasteiger partial charge in [0.2, 0.25) is 0 Å². The Hall–Kier alpha value is -3.48. The lowest BCUT2D eigenvalue weighted by atomic mass is 9.97. The molecule has 4 rings (SSSR count). The highest BCUT2D eigenvalue weighted by Gasteiger charge is 2.27. The minimum absolute atomic E-state index is 0.179. The molecule has 4 heterocycles. The van der Waals surface area contributed by atoms with Crippen molar-refractivity contribution in [3.63, 3.8) is 0 Å². The van der Waals surface area contributed by atoms with Gasteiger partial charge in [-0.15, -0.1) is 0 Å². The van der Waals surface area contributed by atoms with Gasteiger partial charge in [-0.2, -0.15) is 0 Å². The van der Waals surface area contributed by atoms with Gasteiger partial charge in [0.05, 0.1) is 23.5 Å². The number of nitrogen functional groups attached to an aromatic ring is 1. The monoisotopic (exact) mass is 421 g/mol. The van der Waals surface area contributed by atoms with Gasteiger partial charge in [-0.1, -0.05) is 11.8 Å². The third kappa shape index (κ3) is 3.83. The Balaban J connectivity index is 1.94. The van der Waals surface area contributed by atoms with Crippen LogP contribution in [0.5, 0.6) is 0 Å². The van der Waals surface area contributed by atoms with E-state index in [1.807, 2.05) is 4.90 Å². The van der Waals surface area contributed by atoms with E-state index in [0.29, 0.717) is 23.4 Å². The van der Waals surface area contributed by atoms with Crippen LogP contribution in [0.25, 0.3) is 10.8 Å². The molecule has 8 nitrogen and oxygen atoms in total. The van der Waals surface area contributed by atoms with Crippen molar-refractivity contribution in [2.75, 3.05) is 29.2 Å². The smallest absolute Gasteiger partial charge is 0.153 e. The van der Waals surface area contributed by atoms with Crippen molar-refractivity contribution in [2.45, 2.75) is 32.3 Å². The molecule has 160 valence electrons. The Labute approximate surface area is 179 Å². The molecule has 0 bridgehead atoms. The number of pyridine rings is 3. The molecule has 9 heteroatoms. The van der Waals surface area contributed by atoms with E-state index in [4.69, 9.17) is 11.6 Å². The normalized spacial score (nSPS) is 13.5. The van der Waals surface area contributed by atoms with Gasteiger partial charge in [0.1, 0.15) is 17.1 Å². The quantitative estimate of drug-likeness (QED) is 0.328. The minimum atomic E-state index is -1.12. The van der Waals surface area contributed by atoms with Crippen molar-refractivity contribution in [3.8, 4) is 11.8 Å². The van der Waals surface area contributed by atoms with E-state index in [9.17, 15) is 9.50 Å². The number of hydrogen-bond acceptors (Lipinski definition) is 8. The molecule has 0 atom stereocenters. The number of hydrazine groups is 1. The Morgan fingerprint density at radius 2 is 1.97 bits per heavy atom. The lowest BCUT2D eigenvalue weighted by Crippen LogP contribution is -2.29. The van der Waals surface area contributed by atoms with E-state index in [0.717, 1.165) is 35.9 Å². The van der Waals surface area contributed by atoms with Crippen molar-refractivity contribution in [1.29, 1.82) is 0 Å². The molecule has 1 aliphatic heterocycles. The highest BCUT2D eigenvalue weighted by atomic mass is 19.1. The van der Waals surface area contributed by atoms with Crippen LogP contribution in [-0.2, 0) is 6.42 Å². The van der Waals surface area contributed by atoms with Gasteiger partial charge in [-0.25, -0.2) is 15.2 Å². The summed E-state index contributed by atoms with van der Waals surface area (Å²) in [7, 11) is 1.62. The van der Waals surface area contributed by atoms with E-state index >= 15 is 0 Å². The summed E-state index contributed by atoms with van der Waals surface area (Å²) in [4.78, 5) is 14.7. The van der Waals surface area contributed by atoms with Gasteiger partial charge < -0.3 is 20.7 Å². The number of nitrogens with two attached hydrogens (primary N) is 2. The Morgan fingerprint density at radius 1 is 1.23 bits per heavy atom. The van der Waals surface area contributed by atoms with Gasteiger partial charge in [0, 0.05) is 36.9 Å². The largest absolute Gasteiger partial charge is 0.382 e. The number of anilines is 4. The molecular formula is C22H24FN7O. The highest BCUT2D eigenvalue weighted by molar-refractivity contribution is 6.05. The summed E-state index contributed by atoms with van der Waals surface area (Å²) in [6.07, 6.45) is 7.67. The first-order chi connectivity index (χ1) is 14.7. The van der Waals surface area contributed by atoms with Crippen LogP contribution in [0.4, 0.5) is 27.4 Å². The number of rotatable bonds is 2. The molecule has 0 radical (unpaired) electrons. The zero-order valence-electron chi connectivity index (χ0n) is 17.6. The van der Waals surface area contributed by atoms with E-state index < -0.39 is 11.4 Å². The summed E-state index contributed by atoms with van der Waals surface area (Å²) in [5, 5.41) is 12.1. The molecule has 5 N–H and O–H groups in total. The fourth-order valence-corrected chi connectivity index (χ4v) is 3.82. The van der Waals surface area contributed by atoms with Crippen LogP contribution in [0, 0.1) is 17.7 Å². The average Bonchev–Trinajstić information content (AvgIpc) is 2.70. The van der Waals surface area contributed by atoms with Gasteiger partial charge in [0.15, 0.2) is 11.6 Å². The van der Waals surface area contributed by atoms with E-state index in [1.54, 1.807) is 33.3 Å². The summed E-state index contributed by atoms with van der Waals surface area (Å²) in [6.45, 7) is 3.86. The zero-order valence-corrected chi connectivity index (χ0v) is 17.6. The number of aromatic nitrogens is 3. The van der Waals surface area contributed by atoms with E-state index in [1.165, 1.54) is 11.2 Å².